The number of nitrogens with two attached hydrogens (primary N) is 1. The molecule has 0 bridgehead atoms. The van der Waals surface area contributed by atoms with Gasteiger partial charge in [0.1, 0.15) is 18.0 Å². The molecule has 0 fully saturated rings. The maximum Gasteiger partial charge on any atom is 0.351 e. The van der Waals surface area contributed by atoms with Crippen molar-refractivity contribution in [2.75, 3.05) is 0 Å². The highest BCUT2D eigenvalue weighted by Crippen LogP contribution is 1.88. The van der Waals surface area contributed by atoms with Crippen molar-refractivity contribution in [1.29, 1.82) is 5.41 Å². The molecular formula is C7H8N2O4. The SMILES string of the molecule is N=C(C(=O)O)C(N)C(=O)/C=C\C=O. The highest BCUT2D eigenvalue weighted by molar-refractivity contribution is 6.41. The highest BCUT2D eigenvalue weighted by atomic mass is 16.4. The van der Waals surface area contributed by atoms with Crippen molar-refractivity contribution in [2.45, 2.75) is 6.04 Å². The smallest absolute Gasteiger partial charge is 0.351 e. The second kappa shape index (κ2) is 4.94. The number of carbonyl (C=O) groups excluding carboxylic acids is 2. The minimum absolute atomic E-state index is 0.356. The molecule has 0 aliphatic carbocycles. The third-order valence-corrected chi connectivity index (χ3v) is 1.19. The number of carbonyl (C=O) groups is 3. The molecule has 0 rings (SSSR count). The maximum atomic E-state index is 10.9. The van der Waals surface area contributed by atoms with E-state index < -0.39 is 23.5 Å². The molecule has 0 aliphatic heterocycles. The highest BCUT2D eigenvalue weighted by Gasteiger charge is 2.21. The Morgan fingerprint density at radius 1 is 1.46 bits per heavy atom. The molecule has 6 nitrogen and oxygen atoms in total. The van der Waals surface area contributed by atoms with Gasteiger partial charge in [-0.3, -0.25) is 15.0 Å². The summed E-state index contributed by atoms with van der Waals surface area (Å²) in [7, 11) is 0. The number of aldehydes is 1. The molecule has 0 saturated carbocycles. The fourth-order valence-corrected chi connectivity index (χ4v) is 0.513. The van der Waals surface area contributed by atoms with E-state index in [0.717, 1.165) is 12.2 Å². The molecule has 0 saturated heterocycles. The Kier molecular flexibility index (Phi) is 4.25. The Labute approximate surface area is 73.5 Å². The van der Waals surface area contributed by atoms with Gasteiger partial charge in [0, 0.05) is 0 Å². The monoisotopic (exact) mass is 184 g/mol. The van der Waals surface area contributed by atoms with Crippen LogP contribution in [0.2, 0.25) is 0 Å². The lowest BCUT2D eigenvalue weighted by Gasteiger charge is -2.04. The van der Waals surface area contributed by atoms with E-state index in [9.17, 15) is 14.4 Å². The molecule has 4 N–H and O–H groups in total. The maximum absolute atomic E-state index is 10.9. The van der Waals surface area contributed by atoms with Gasteiger partial charge < -0.3 is 10.8 Å². The second-order valence-corrected chi connectivity index (χ2v) is 2.09. The minimum atomic E-state index is -1.56. The molecule has 0 radical (unpaired) electrons. The van der Waals surface area contributed by atoms with Gasteiger partial charge in [-0.15, -0.1) is 0 Å². The van der Waals surface area contributed by atoms with Crippen LogP contribution in [0.4, 0.5) is 0 Å². The Morgan fingerprint density at radius 2 is 2.00 bits per heavy atom. The van der Waals surface area contributed by atoms with Gasteiger partial charge in [0.15, 0.2) is 5.78 Å². The summed E-state index contributed by atoms with van der Waals surface area (Å²) in [6, 6.07) is -1.52. The summed E-state index contributed by atoms with van der Waals surface area (Å²) < 4.78 is 0. The number of nitrogens with one attached hydrogen (secondary N) is 1. The third-order valence-electron chi connectivity index (χ3n) is 1.19. The summed E-state index contributed by atoms with van der Waals surface area (Å²) in [5, 5.41) is 15.1. The molecule has 0 aromatic carbocycles. The first-order valence-electron chi connectivity index (χ1n) is 3.23. The summed E-state index contributed by atoms with van der Waals surface area (Å²) in [5.74, 6) is -2.35. The van der Waals surface area contributed by atoms with E-state index >= 15 is 0 Å². The van der Waals surface area contributed by atoms with Gasteiger partial charge in [0.05, 0.1) is 0 Å². The lowest BCUT2D eigenvalue weighted by molar-refractivity contribution is -0.130. The van der Waals surface area contributed by atoms with E-state index in [-0.39, 0.29) is 0 Å². The minimum Gasteiger partial charge on any atom is -0.477 e. The van der Waals surface area contributed by atoms with Crippen LogP contribution in [-0.4, -0.2) is 34.9 Å². The first-order valence-corrected chi connectivity index (χ1v) is 3.23. The van der Waals surface area contributed by atoms with Crippen LogP contribution in [-0.2, 0) is 14.4 Å². The molecular weight excluding hydrogens is 176 g/mol. The summed E-state index contributed by atoms with van der Waals surface area (Å²) in [6.07, 6.45) is 2.07. The summed E-state index contributed by atoms with van der Waals surface area (Å²) >= 11 is 0. The van der Waals surface area contributed by atoms with Crippen LogP contribution in [0.15, 0.2) is 12.2 Å². The zero-order valence-electron chi connectivity index (χ0n) is 6.56. The van der Waals surface area contributed by atoms with Gasteiger partial charge in [-0.25, -0.2) is 4.79 Å². The Morgan fingerprint density at radius 3 is 2.38 bits per heavy atom. The van der Waals surface area contributed by atoms with Crippen molar-refractivity contribution < 1.29 is 19.5 Å². The number of allylic oxidation sites excluding steroid dienone is 1. The quantitative estimate of drug-likeness (QED) is 0.280. The zero-order valence-corrected chi connectivity index (χ0v) is 6.56. The van der Waals surface area contributed by atoms with Gasteiger partial charge in [-0.1, -0.05) is 0 Å². The standard InChI is InChI=1S/C7H8N2O4/c8-5(6(9)7(12)13)4(11)2-1-3-10/h1-3,5,9H,8H2,(H,12,13)/b2-1-,9-6?. The summed E-state index contributed by atoms with van der Waals surface area (Å²) in [4.78, 5) is 30.8. The second-order valence-electron chi connectivity index (χ2n) is 2.09. The fourth-order valence-electron chi connectivity index (χ4n) is 0.513. The van der Waals surface area contributed by atoms with Gasteiger partial charge in [0.2, 0.25) is 0 Å². The molecule has 1 atom stereocenters. The van der Waals surface area contributed by atoms with Gasteiger partial charge >= 0.3 is 5.97 Å². The van der Waals surface area contributed by atoms with Crippen molar-refractivity contribution in [3.8, 4) is 0 Å². The fraction of sp³-hybridized carbons (Fsp3) is 0.143. The van der Waals surface area contributed by atoms with Crippen LogP contribution in [0.1, 0.15) is 0 Å². The first-order chi connectivity index (χ1) is 6.00. The van der Waals surface area contributed by atoms with Crippen molar-refractivity contribution in [1.82, 2.24) is 0 Å². The normalized spacial score (nSPS) is 12.4. The van der Waals surface area contributed by atoms with Crippen LogP contribution in [0.5, 0.6) is 0 Å². The average Bonchev–Trinajstić information content (AvgIpc) is 2.11. The van der Waals surface area contributed by atoms with Crippen molar-refractivity contribution in [2.24, 2.45) is 5.73 Å². The number of rotatable bonds is 5. The van der Waals surface area contributed by atoms with E-state index in [1.54, 1.807) is 0 Å². The van der Waals surface area contributed by atoms with E-state index in [4.69, 9.17) is 16.2 Å². The molecule has 0 amide bonds. The number of aliphatic carboxylic acids is 1. The Balaban J connectivity index is 4.42. The predicted octanol–water partition coefficient (Wildman–Crippen LogP) is -1.26. The lowest BCUT2D eigenvalue weighted by Crippen LogP contribution is -2.41. The number of carboxylic acids is 1. The Bertz CT molecular complexity index is 282. The van der Waals surface area contributed by atoms with Crippen molar-refractivity contribution in [3.63, 3.8) is 0 Å². The molecule has 1 unspecified atom stereocenters. The van der Waals surface area contributed by atoms with E-state index in [0.29, 0.717) is 6.29 Å². The molecule has 13 heavy (non-hydrogen) atoms. The number of hydrogen-bond donors (Lipinski definition) is 3. The van der Waals surface area contributed by atoms with E-state index in [1.165, 1.54) is 0 Å². The Hall–Kier alpha value is -1.82. The number of carboxylic acid groups (broad SMARTS) is 1. The summed E-state index contributed by atoms with van der Waals surface area (Å²) in [6.45, 7) is 0. The first kappa shape index (κ1) is 11.2. The molecule has 0 aromatic heterocycles. The van der Waals surface area contributed by atoms with Crippen molar-refractivity contribution in [3.05, 3.63) is 12.2 Å². The third kappa shape index (κ3) is 3.39. The number of hydrogen-bond acceptors (Lipinski definition) is 5. The zero-order chi connectivity index (χ0) is 10.4. The van der Waals surface area contributed by atoms with Crippen LogP contribution in [0, 0.1) is 5.41 Å². The van der Waals surface area contributed by atoms with Crippen LogP contribution in [0.25, 0.3) is 0 Å². The van der Waals surface area contributed by atoms with Gasteiger partial charge in [-0.05, 0) is 12.2 Å². The van der Waals surface area contributed by atoms with E-state index in [2.05, 4.69) is 0 Å². The molecule has 0 spiro atoms. The average molecular weight is 184 g/mol. The molecule has 0 aliphatic rings. The number of ketones is 1. The van der Waals surface area contributed by atoms with E-state index in [1.807, 2.05) is 0 Å². The molecule has 6 heteroatoms. The van der Waals surface area contributed by atoms with Gasteiger partial charge in [0.25, 0.3) is 0 Å². The summed E-state index contributed by atoms with van der Waals surface area (Å²) in [5.41, 5.74) is 4.18. The molecule has 0 aromatic rings. The van der Waals surface area contributed by atoms with Crippen molar-refractivity contribution >= 4 is 23.8 Å². The van der Waals surface area contributed by atoms with Crippen LogP contribution in [0.3, 0.4) is 0 Å². The lowest BCUT2D eigenvalue weighted by atomic mass is 10.1. The molecule has 70 valence electrons. The topological polar surface area (TPSA) is 121 Å². The van der Waals surface area contributed by atoms with Gasteiger partial charge in [-0.2, -0.15) is 0 Å². The largest absolute Gasteiger partial charge is 0.477 e. The molecule has 0 heterocycles. The van der Waals surface area contributed by atoms with Crippen LogP contribution < -0.4 is 5.73 Å². The van der Waals surface area contributed by atoms with Crippen LogP contribution >= 0.6 is 0 Å². The predicted molar refractivity (Wildman–Crippen MR) is 43.5 cm³/mol.